The van der Waals surface area contributed by atoms with E-state index in [1.54, 1.807) is 0 Å². The second-order valence-corrected chi connectivity index (χ2v) is 7.95. The number of carbonyl (C=O) groups is 1. The van der Waals surface area contributed by atoms with Gasteiger partial charge in [0, 0.05) is 30.7 Å². The third-order valence-corrected chi connectivity index (χ3v) is 5.73. The quantitative estimate of drug-likeness (QED) is 0.281. The number of hydrogen-bond acceptors (Lipinski definition) is 3. The van der Waals surface area contributed by atoms with Crippen molar-refractivity contribution in [1.82, 2.24) is 4.98 Å². The normalized spacial score (nSPS) is 13.3. The number of aliphatic imine (C=N–C) groups is 1. The smallest absolute Gasteiger partial charge is 0.323 e. The topological polar surface area (TPSA) is 107 Å². The number of aromatic nitrogens is 1. The van der Waals surface area contributed by atoms with Crippen molar-refractivity contribution in [2.24, 2.45) is 10.7 Å². The number of carbonyl (C=O) groups excluding carboxylic acids is 1. The number of hydrogen-bond donors (Lipinski definition) is 5. The average molecular weight is 431 g/mol. The molecule has 0 saturated carbocycles. The molecule has 2 amide bonds. The van der Waals surface area contributed by atoms with E-state index in [0.29, 0.717) is 12.4 Å². The minimum absolute atomic E-state index is 0.267. The monoisotopic (exact) mass is 430 g/mol. The molecule has 0 radical (unpaired) electrons. The zero-order valence-electron chi connectivity index (χ0n) is 18.4. The van der Waals surface area contributed by atoms with Gasteiger partial charge in [-0.15, -0.1) is 0 Å². The summed E-state index contributed by atoms with van der Waals surface area (Å²) in [5.74, 6) is 1.55. The van der Waals surface area contributed by atoms with Crippen LogP contribution in [0.5, 0.6) is 0 Å². The maximum atomic E-state index is 12.1. The highest BCUT2D eigenvalue weighted by atomic mass is 16.2. The van der Waals surface area contributed by atoms with Crippen LogP contribution in [-0.2, 0) is 19.3 Å². The summed E-state index contributed by atoms with van der Waals surface area (Å²) in [5, 5.41) is 8.87. The first-order chi connectivity index (χ1) is 15.6. The lowest BCUT2D eigenvalue weighted by atomic mass is 9.94. The van der Waals surface area contributed by atoms with Crippen molar-refractivity contribution in [3.05, 3.63) is 77.0 Å². The van der Waals surface area contributed by atoms with Crippen molar-refractivity contribution in [2.45, 2.75) is 32.1 Å². The van der Waals surface area contributed by atoms with Crippen molar-refractivity contribution in [1.29, 1.82) is 0 Å². The fraction of sp³-hybridized carbons (Fsp3) is 0.280. The lowest BCUT2D eigenvalue weighted by molar-refractivity contribution is 0.262. The predicted molar refractivity (Wildman–Crippen MR) is 132 cm³/mol. The molecule has 0 spiro atoms. The SMILES string of the molecule is CNc1[nH]c2c(c1C(N)=NCCc1ccc(NC(=O)Nc3ccccc3)cc1)CCCC2. The summed E-state index contributed by atoms with van der Waals surface area (Å²) in [6.45, 7) is 0.607. The van der Waals surface area contributed by atoms with Crippen molar-refractivity contribution < 1.29 is 4.79 Å². The number of fused-ring (bicyclic) bond motifs is 1. The van der Waals surface area contributed by atoms with Crippen molar-refractivity contribution in [3.63, 3.8) is 0 Å². The number of aromatic amines is 1. The van der Waals surface area contributed by atoms with Crippen molar-refractivity contribution in [3.8, 4) is 0 Å². The Morgan fingerprint density at radius 1 is 1.00 bits per heavy atom. The van der Waals surface area contributed by atoms with Gasteiger partial charge in [0.15, 0.2) is 0 Å². The maximum absolute atomic E-state index is 12.1. The van der Waals surface area contributed by atoms with Crippen LogP contribution in [0.3, 0.4) is 0 Å². The minimum Gasteiger partial charge on any atom is -0.383 e. The first kappa shape index (κ1) is 21.5. The van der Waals surface area contributed by atoms with Crippen LogP contribution in [0.2, 0.25) is 0 Å². The van der Waals surface area contributed by atoms with E-state index in [-0.39, 0.29) is 6.03 Å². The molecule has 3 aromatic rings. The van der Waals surface area contributed by atoms with E-state index in [9.17, 15) is 4.79 Å². The van der Waals surface area contributed by atoms with E-state index in [1.165, 1.54) is 24.1 Å². The molecule has 0 fully saturated rings. The van der Waals surface area contributed by atoms with Gasteiger partial charge in [-0.3, -0.25) is 4.99 Å². The van der Waals surface area contributed by atoms with Crippen LogP contribution in [0.1, 0.15) is 35.2 Å². The minimum atomic E-state index is -0.267. The number of aryl methyl sites for hydroxylation is 1. The van der Waals surface area contributed by atoms with Gasteiger partial charge in [-0.05, 0) is 67.5 Å². The predicted octanol–water partition coefficient (Wildman–Crippen LogP) is 4.53. The number of urea groups is 1. The van der Waals surface area contributed by atoms with E-state index < -0.39 is 0 Å². The van der Waals surface area contributed by atoms with Gasteiger partial charge in [-0.25, -0.2) is 4.79 Å². The van der Waals surface area contributed by atoms with E-state index in [4.69, 9.17) is 5.73 Å². The van der Waals surface area contributed by atoms with Gasteiger partial charge in [0.2, 0.25) is 0 Å². The molecule has 6 N–H and O–H groups in total. The molecule has 4 rings (SSSR count). The summed E-state index contributed by atoms with van der Waals surface area (Å²) in [6, 6.07) is 16.9. The van der Waals surface area contributed by atoms with Gasteiger partial charge in [-0.2, -0.15) is 0 Å². The molecule has 1 aromatic heterocycles. The second kappa shape index (κ2) is 10.0. The summed E-state index contributed by atoms with van der Waals surface area (Å²) in [4.78, 5) is 20.2. The highest BCUT2D eigenvalue weighted by Gasteiger charge is 2.21. The largest absolute Gasteiger partial charge is 0.383 e. The van der Waals surface area contributed by atoms with Crippen LogP contribution >= 0.6 is 0 Å². The summed E-state index contributed by atoms with van der Waals surface area (Å²) >= 11 is 0. The molecule has 0 atom stereocenters. The van der Waals surface area contributed by atoms with Gasteiger partial charge in [0.05, 0.1) is 5.56 Å². The zero-order chi connectivity index (χ0) is 22.3. The molecule has 1 aliphatic rings. The molecule has 1 heterocycles. The first-order valence-electron chi connectivity index (χ1n) is 11.1. The lowest BCUT2D eigenvalue weighted by Gasteiger charge is -2.12. The third-order valence-electron chi connectivity index (χ3n) is 5.73. The van der Waals surface area contributed by atoms with E-state index in [0.717, 1.165) is 47.6 Å². The first-order valence-corrected chi connectivity index (χ1v) is 11.1. The highest BCUT2D eigenvalue weighted by molar-refractivity contribution is 6.04. The second-order valence-electron chi connectivity index (χ2n) is 7.95. The number of nitrogens with one attached hydrogen (secondary N) is 4. The molecule has 0 unspecified atom stereocenters. The number of amides is 2. The van der Waals surface area contributed by atoms with Crippen LogP contribution in [0.25, 0.3) is 0 Å². The Kier molecular flexibility index (Phi) is 6.75. The molecule has 7 nitrogen and oxygen atoms in total. The van der Waals surface area contributed by atoms with Crippen molar-refractivity contribution in [2.75, 3.05) is 29.5 Å². The number of para-hydroxylation sites is 1. The number of benzene rings is 2. The van der Waals surface area contributed by atoms with Crippen LogP contribution in [0.4, 0.5) is 22.0 Å². The summed E-state index contributed by atoms with van der Waals surface area (Å²) in [7, 11) is 1.91. The molecule has 166 valence electrons. The Balaban J connectivity index is 1.33. The third kappa shape index (κ3) is 5.11. The molecule has 1 aliphatic carbocycles. The fourth-order valence-electron chi connectivity index (χ4n) is 4.11. The number of anilines is 3. The Bertz CT molecular complexity index is 1090. The number of amidine groups is 1. The van der Waals surface area contributed by atoms with Crippen LogP contribution in [0, 0.1) is 0 Å². The lowest BCUT2D eigenvalue weighted by Crippen LogP contribution is -2.19. The molecular formula is C25H30N6O. The van der Waals surface area contributed by atoms with Gasteiger partial charge >= 0.3 is 6.03 Å². The summed E-state index contributed by atoms with van der Waals surface area (Å²) in [6.07, 6.45) is 5.30. The van der Waals surface area contributed by atoms with Gasteiger partial charge in [-0.1, -0.05) is 30.3 Å². The number of rotatable bonds is 7. The van der Waals surface area contributed by atoms with Crippen LogP contribution < -0.4 is 21.7 Å². The van der Waals surface area contributed by atoms with Crippen molar-refractivity contribution >= 4 is 29.1 Å². The maximum Gasteiger partial charge on any atom is 0.323 e. The standard InChI is InChI=1S/C25H30N6O/c1-27-24-22(20-9-5-6-10-21(20)31-24)23(26)28-16-15-17-11-13-19(14-12-17)30-25(32)29-18-7-3-2-4-8-18/h2-4,7-8,11-14,27,31H,5-6,9-10,15-16H2,1H3,(H2,26,28)(H2,29,30,32). The molecule has 0 saturated heterocycles. The van der Waals surface area contributed by atoms with E-state index >= 15 is 0 Å². The molecular weight excluding hydrogens is 400 g/mol. The fourth-order valence-corrected chi connectivity index (χ4v) is 4.11. The molecule has 2 aromatic carbocycles. The number of H-pyrrole nitrogens is 1. The Morgan fingerprint density at radius 2 is 1.69 bits per heavy atom. The van der Waals surface area contributed by atoms with E-state index in [2.05, 4.69) is 25.9 Å². The van der Waals surface area contributed by atoms with Gasteiger partial charge in [0.25, 0.3) is 0 Å². The van der Waals surface area contributed by atoms with Gasteiger partial charge in [0.1, 0.15) is 11.7 Å². The molecule has 0 bridgehead atoms. The van der Waals surface area contributed by atoms with Gasteiger partial charge < -0.3 is 26.7 Å². The highest BCUT2D eigenvalue weighted by Crippen LogP contribution is 2.29. The number of nitrogens with zero attached hydrogens (tertiary/aromatic N) is 1. The Hall–Kier alpha value is -3.74. The summed E-state index contributed by atoms with van der Waals surface area (Å²) < 4.78 is 0. The number of nitrogens with two attached hydrogens (primary N) is 1. The Labute approximate surface area is 188 Å². The summed E-state index contributed by atoms with van der Waals surface area (Å²) in [5.41, 5.74) is 12.6. The molecule has 7 heteroatoms. The molecule has 32 heavy (non-hydrogen) atoms. The Morgan fingerprint density at radius 3 is 2.41 bits per heavy atom. The van der Waals surface area contributed by atoms with E-state index in [1.807, 2.05) is 61.6 Å². The van der Waals surface area contributed by atoms with Crippen LogP contribution in [-0.4, -0.2) is 30.4 Å². The average Bonchev–Trinajstić information content (AvgIpc) is 3.19. The molecule has 0 aliphatic heterocycles. The zero-order valence-corrected chi connectivity index (χ0v) is 18.4. The van der Waals surface area contributed by atoms with Crippen LogP contribution in [0.15, 0.2) is 59.6 Å².